The molecule has 1 aromatic carbocycles. The summed E-state index contributed by atoms with van der Waals surface area (Å²) in [6, 6.07) is 6.03. The molecule has 0 fully saturated rings. The van der Waals surface area contributed by atoms with Gasteiger partial charge in [-0.15, -0.1) is 6.42 Å². The van der Waals surface area contributed by atoms with Crippen LogP contribution in [0.1, 0.15) is 11.1 Å². The summed E-state index contributed by atoms with van der Waals surface area (Å²) in [5.41, 5.74) is 3.28. The van der Waals surface area contributed by atoms with Gasteiger partial charge in [0.15, 0.2) is 0 Å². The van der Waals surface area contributed by atoms with E-state index in [1.807, 2.05) is 25.4 Å². The average Bonchev–Trinajstić information content (AvgIpc) is 2.61. The minimum atomic E-state index is 0.870. The third-order valence-corrected chi connectivity index (χ3v) is 2.30. The molecular formula is C12H12N2. The number of rotatable bonds is 2. The first-order valence-electron chi connectivity index (χ1n) is 4.56. The molecule has 0 bridgehead atoms. The molecule has 1 heterocycles. The lowest BCUT2D eigenvalue weighted by Gasteiger charge is -1.97. The van der Waals surface area contributed by atoms with E-state index in [1.165, 1.54) is 10.9 Å². The summed E-state index contributed by atoms with van der Waals surface area (Å²) >= 11 is 0. The Morgan fingerprint density at radius 1 is 1.50 bits per heavy atom. The molecule has 70 valence electrons. The van der Waals surface area contributed by atoms with E-state index in [0.29, 0.717) is 0 Å². The first-order chi connectivity index (χ1) is 6.85. The molecule has 0 aliphatic heterocycles. The number of fused-ring (bicyclic) bond motifs is 1. The lowest BCUT2D eigenvalue weighted by atomic mass is 10.1. The standard InChI is InChI=1S/C12H12N2/c1-3-9-4-5-11-10(7-13-2)8-14-12(11)6-9/h1,4-6,8,13-14H,7H2,2H3. The number of hydrogen-bond acceptors (Lipinski definition) is 1. The van der Waals surface area contributed by atoms with E-state index < -0.39 is 0 Å². The first-order valence-corrected chi connectivity index (χ1v) is 4.56. The van der Waals surface area contributed by atoms with E-state index in [2.05, 4.69) is 22.3 Å². The van der Waals surface area contributed by atoms with E-state index in [0.717, 1.165) is 17.6 Å². The normalized spacial score (nSPS) is 10.3. The van der Waals surface area contributed by atoms with Crippen molar-refractivity contribution in [2.75, 3.05) is 7.05 Å². The van der Waals surface area contributed by atoms with Crippen molar-refractivity contribution in [3.8, 4) is 12.3 Å². The van der Waals surface area contributed by atoms with Crippen molar-refractivity contribution >= 4 is 10.9 Å². The molecular weight excluding hydrogens is 172 g/mol. The fourth-order valence-corrected chi connectivity index (χ4v) is 1.61. The van der Waals surface area contributed by atoms with E-state index in [9.17, 15) is 0 Å². The molecule has 2 rings (SSSR count). The SMILES string of the molecule is C#Cc1ccc2c(CNC)c[nH]c2c1. The molecule has 0 aliphatic rings. The molecule has 0 atom stereocenters. The zero-order chi connectivity index (χ0) is 9.97. The van der Waals surface area contributed by atoms with Crippen LogP contribution in [0.2, 0.25) is 0 Å². The Labute approximate surface area is 83.3 Å². The quantitative estimate of drug-likeness (QED) is 0.685. The summed E-state index contributed by atoms with van der Waals surface area (Å²) < 4.78 is 0. The largest absolute Gasteiger partial charge is 0.361 e. The van der Waals surface area contributed by atoms with Gasteiger partial charge in [-0.1, -0.05) is 12.0 Å². The molecule has 0 radical (unpaired) electrons. The highest BCUT2D eigenvalue weighted by atomic mass is 14.8. The van der Waals surface area contributed by atoms with E-state index >= 15 is 0 Å². The Balaban J connectivity index is 2.55. The lowest BCUT2D eigenvalue weighted by Crippen LogP contribution is -2.03. The predicted molar refractivity (Wildman–Crippen MR) is 59.0 cm³/mol. The van der Waals surface area contributed by atoms with Crippen molar-refractivity contribution in [2.24, 2.45) is 0 Å². The lowest BCUT2D eigenvalue weighted by molar-refractivity contribution is 0.823. The van der Waals surface area contributed by atoms with E-state index in [1.54, 1.807) is 0 Å². The van der Waals surface area contributed by atoms with E-state index in [-0.39, 0.29) is 0 Å². The number of benzene rings is 1. The summed E-state index contributed by atoms with van der Waals surface area (Å²) in [4.78, 5) is 3.21. The van der Waals surface area contributed by atoms with Gasteiger partial charge in [0, 0.05) is 29.2 Å². The smallest absolute Gasteiger partial charge is 0.0469 e. The summed E-state index contributed by atoms with van der Waals surface area (Å²) in [6.07, 6.45) is 7.35. The van der Waals surface area contributed by atoms with Crippen molar-refractivity contribution < 1.29 is 0 Å². The molecule has 2 aromatic rings. The summed E-state index contributed by atoms with van der Waals surface area (Å²) in [7, 11) is 1.94. The van der Waals surface area contributed by atoms with Gasteiger partial charge < -0.3 is 10.3 Å². The van der Waals surface area contributed by atoms with E-state index in [4.69, 9.17) is 6.42 Å². The maximum Gasteiger partial charge on any atom is 0.0469 e. The van der Waals surface area contributed by atoms with Gasteiger partial charge in [0.25, 0.3) is 0 Å². The van der Waals surface area contributed by atoms with Crippen LogP contribution in [0, 0.1) is 12.3 Å². The Hall–Kier alpha value is -1.72. The van der Waals surface area contributed by atoms with Crippen LogP contribution in [-0.2, 0) is 6.54 Å². The Morgan fingerprint density at radius 3 is 3.07 bits per heavy atom. The molecule has 0 unspecified atom stereocenters. The fourth-order valence-electron chi connectivity index (χ4n) is 1.61. The predicted octanol–water partition coefficient (Wildman–Crippen LogP) is 1.87. The fraction of sp³-hybridized carbons (Fsp3) is 0.167. The number of H-pyrrole nitrogens is 1. The molecule has 0 aliphatic carbocycles. The second-order valence-electron chi connectivity index (χ2n) is 3.25. The van der Waals surface area contributed by atoms with Crippen LogP contribution >= 0.6 is 0 Å². The first kappa shape index (κ1) is 8.86. The van der Waals surface area contributed by atoms with Crippen molar-refractivity contribution in [1.82, 2.24) is 10.3 Å². The number of terminal acetylenes is 1. The molecule has 2 N–H and O–H groups in total. The van der Waals surface area contributed by atoms with Crippen LogP contribution < -0.4 is 5.32 Å². The molecule has 14 heavy (non-hydrogen) atoms. The third kappa shape index (κ3) is 1.39. The second-order valence-corrected chi connectivity index (χ2v) is 3.25. The second kappa shape index (κ2) is 3.57. The number of aromatic nitrogens is 1. The molecule has 0 amide bonds. The maximum absolute atomic E-state index is 5.33. The molecule has 1 aromatic heterocycles. The highest BCUT2D eigenvalue weighted by Crippen LogP contribution is 2.19. The van der Waals surface area contributed by atoms with Gasteiger partial charge in [0.05, 0.1) is 0 Å². The monoisotopic (exact) mass is 184 g/mol. The molecule has 0 saturated heterocycles. The highest BCUT2D eigenvalue weighted by molar-refractivity contribution is 5.84. The van der Waals surface area contributed by atoms with Crippen LogP contribution in [0.25, 0.3) is 10.9 Å². The van der Waals surface area contributed by atoms with Crippen molar-refractivity contribution in [1.29, 1.82) is 0 Å². The van der Waals surface area contributed by atoms with Crippen LogP contribution in [0.3, 0.4) is 0 Å². The summed E-state index contributed by atoms with van der Waals surface area (Å²) in [6.45, 7) is 0.870. The van der Waals surface area contributed by atoms with Crippen molar-refractivity contribution in [3.63, 3.8) is 0 Å². The van der Waals surface area contributed by atoms with Crippen LogP contribution in [-0.4, -0.2) is 12.0 Å². The Morgan fingerprint density at radius 2 is 2.36 bits per heavy atom. The van der Waals surface area contributed by atoms with Crippen LogP contribution in [0.4, 0.5) is 0 Å². The Kier molecular flexibility index (Phi) is 2.26. The van der Waals surface area contributed by atoms with Crippen molar-refractivity contribution in [2.45, 2.75) is 6.54 Å². The van der Waals surface area contributed by atoms with Crippen LogP contribution in [0.5, 0.6) is 0 Å². The number of aromatic amines is 1. The highest BCUT2D eigenvalue weighted by Gasteiger charge is 2.02. The topological polar surface area (TPSA) is 27.8 Å². The van der Waals surface area contributed by atoms with Gasteiger partial charge in [-0.3, -0.25) is 0 Å². The van der Waals surface area contributed by atoms with Gasteiger partial charge in [0.2, 0.25) is 0 Å². The summed E-state index contributed by atoms with van der Waals surface area (Å²) in [5, 5.41) is 4.37. The zero-order valence-corrected chi connectivity index (χ0v) is 8.09. The molecule has 0 saturated carbocycles. The van der Waals surface area contributed by atoms with Gasteiger partial charge in [-0.25, -0.2) is 0 Å². The van der Waals surface area contributed by atoms with Gasteiger partial charge in [-0.2, -0.15) is 0 Å². The maximum atomic E-state index is 5.33. The molecule has 2 heteroatoms. The van der Waals surface area contributed by atoms with Gasteiger partial charge in [-0.05, 0) is 24.7 Å². The summed E-state index contributed by atoms with van der Waals surface area (Å²) in [5.74, 6) is 2.62. The van der Waals surface area contributed by atoms with Gasteiger partial charge in [0.1, 0.15) is 0 Å². The average molecular weight is 184 g/mol. The Bertz CT molecular complexity index is 488. The minimum absolute atomic E-state index is 0.870. The third-order valence-electron chi connectivity index (χ3n) is 2.30. The minimum Gasteiger partial charge on any atom is -0.361 e. The van der Waals surface area contributed by atoms with Gasteiger partial charge >= 0.3 is 0 Å². The molecule has 0 spiro atoms. The number of hydrogen-bond donors (Lipinski definition) is 2. The van der Waals surface area contributed by atoms with Crippen LogP contribution in [0.15, 0.2) is 24.4 Å². The van der Waals surface area contributed by atoms with Crippen molar-refractivity contribution in [3.05, 3.63) is 35.5 Å². The number of nitrogens with one attached hydrogen (secondary N) is 2. The molecule has 2 nitrogen and oxygen atoms in total. The zero-order valence-electron chi connectivity index (χ0n) is 8.09.